The van der Waals surface area contributed by atoms with E-state index >= 15 is 0 Å². The Balaban J connectivity index is 1.19. The first-order chi connectivity index (χ1) is 31.1. The predicted molar refractivity (Wildman–Crippen MR) is 235 cm³/mol. The highest BCUT2D eigenvalue weighted by Crippen LogP contribution is 2.76. The third-order valence-corrected chi connectivity index (χ3v) is 18.6. The lowest BCUT2D eigenvalue weighted by molar-refractivity contribution is -0.374. The number of fused-ring (bicyclic) bond motifs is 7. The molecule has 21 unspecified atom stereocenters. The number of hydrogen-bond acceptors (Lipinski definition) is 17. The van der Waals surface area contributed by atoms with Crippen LogP contribution in [0.5, 0.6) is 0 Å². The lowest BCUT2D eigenvalue weighted by Gasteiger charge is -2.72. The quantitative estimate of drug-likeness (QED) is 0.0813. The van der Waals surface area contributed by atoms with E-state index in [4.69, 9.17) is 28.4 Å². The second-order valence-electron chi connectivity index (χ2n) is 23.6. The van der Waals surface area contributed by atoms with Crippen LogP contribution in [0.3, 0.4) is 0 Å². The molecule has 18 heteroatoms. The summed E-state index contributed by atoms with van der Waals surface area (Å²) in [7, 11) is 0. The molecule has 0 bridgehead atoms. The van der Waals surface area contributed by atoms with Gasteiger partial charge in [0.25, 0.3) is 0 Å². The lowest BCUT2D eigenvalue weighted by Crippen LogP contribution is -2.72. The number of carbonyl (C=O) groups is 3. The van der Waals surface area contributed by atoms with Crippen molar-refractivity contribution >= 4 is 17.9 Å². The Labute approximate surface area is 393 Å². The van der Waals surface area contributed by atoms with Crippen LogP contribution in [0.25, 0.3) is 0 Å². The Hall–Kier alpha value is -2.33. The number of rotatable bonds is 11. The standard InChI is InChI=1S/C49H78O18/c1-22(2)17-31(54)65-40-39(62-23(3)52)44(4,5)18-25-24-11-12-28-46(8)15-14-30(45(6,7)27(46)13-16-47(28,9)48(24,10)19-29(53)49(25,40)21-51)64-43-38(35(58)34(57)37(66-43)41(60)61)67-42-36(59)33(56)32(55)26(20-50)63-42/h11,22,25-30,32-40,42-43,50-51,53,55-59H,12-21H2,1-10H3,(H,60,61). The van der Waals surface area contributed by atoms with Crippen LogP contribution in [0.2, 0.25) is 0 Å². The summed E-state index contributed by atoms with van der Waals surface area (Å²) in [5.41, 5.74) is -2.75. The number of carbonyl (C=O) groups excluding carboxylic acids is 2. The van der Waals surface area contributed by atoms with Crippen LogP contribution >= 0.6 is 0 Å². The number of aliphatic hydroxyl groups is 8. The second-order valence-corrected chi connectivity index (χ2v) is 23.6. The number of carboxylic acid groups (broad SMARTS) is 1. The van der Waals surface area contributed by atoms with Gasteiger partial charge in [0.1, 0.15) is 54.9 Å². The van der Waals surface area contributed by atoms with Crippen molar-refractivity contribution in [3.8, 4) is 0 Å². The number of aliphatic hydroxyl groups excluding tert-OH is 8. The van der Waals surface area contributed by atoms with E-state index in [1.165, 1.54) is 6.92 Å². The molecule has 0 spiro atoms. The fourth-order valence-electron chi connectivity index (χ4n) is 15.0. The number of allylic oxidation sites excluding steroid dienone is 2. The highest BCUT2D eigenvalue weighted by molar-refractivity contribution is 5.73. The zero-order valence-corrected chi connectivity index (χ0v) is 40.7. The van der Waals surface area contributed by atoms with Crippen LogP contribution in [0.15, 0.2) is 11.6 Å². The number of esters is 2. The van der Waals surface area contributed by atoms with Crippen molar-refractivity contribution in [2.24, 2.45) is 56.2 Å². The van der Waals surface area contributed by atoms with Crippen LogP contribution in [0, 0.1) is 56.2 Å². The highest BCUT2D eigenvalue weighted by atomic mass is 16.8. The van der Waals surface area contributed by atoms with Crippen LogP contribution in [0.4, 0.5) is 0 Å². The van der Waals surface area contributed by atoms with Crippen molar-refractivity contribution in [2.45, 2.75) is 206 Å². The summed E-state index contributed by atoms with van der Waals surface area (Å²) < 4.78 is 36.3. The molecule has 21 atom stereocenters. The van der Waals surface area contributed by atoms with Gasteiger partial charge in [-0.2, -0.15) is 0 Å². The fraction of sp³-hybridized carbons (Fsp3) is 0.898. The van der Waals surface area contributed by atoms with Gasteiger partial charge < -0.3 is 74.4 Å². The molecule has 0 aromatic rings. The normalized spacial score (nSPS) is 49.0. The van der Waals surface area contributed by atoms with Crippen molar-refractivity contribution in [1.29, 1.82) is 0 Å². The van der Waals surface area contributed by atoms with E-state index < -0.39 is 145 Å². The molecule has 4 saturated carbocycles. The van der Waals surface area contributed by atoms with Gasteiger partial charge in [-0.15, -0.1) is 0 Å². The van der Waals surface area contributed by atoms with Gasteiger partial charge in [-0.1, -0.05) is 74.0 Å². The minimum Gasteiger partial charge on any atom is -0.479 e. The average Bonchev–Trinajstić information content (AvgIpc) is 3.22. The molecule has 9 N–H and O–H groups in total. The van der Waals surface area contributed by atoms with Crippen molar-refractivity contribution in [1.82, 2.24) is 0 Å². The van der Waals surface area contributed by atoms with E-state index in [-0.39, 0.29) is 41.4 Å². The smallest absolute Gasteiger partial charge is 0.335 e. The first-order valence-electron chi connectivity index (χ1n) is 24.3. The van der Waals surface area contributed by atoms with E-state index in [1.807, 2.05) is 27.7 Å². The summed E-state index contributed by atoms with van der Waals surface area (Å²) >= 11 is 0. The zero-order chi connectivity index (χ0) is 49.7. The second kappa shape index (κ2) is 18.4. The predicted octanol–water partition coefficient (Wildman–Crippen LogP) is 1.96. The maximum atomic E-state index is 13.5. The minimum absolute atomic E-state index is 0.0134. The monoisotopic (exact) mass is 955 g/mol. The SMILES string of the molecule is CC(=O)OC1C(OC(=O)CC(C)C)C2(CO)C(O)CC3(C)C(=CCC4C5(C)CCC(OC6OC(C(=O)O)C(O)C(O)C6OC6OC(CO)C(O)C(O)C6O)C(C)(C)C5CCC43C)C2CC1(C)C. The molecule has 7 rings (SSSR count). The molecule has 67 heavy (non-hydrogen) atoms. The van der Waals surface area contributed by atoms with E-state index in [1.54, 1.807) is 0 Å². The molecule has 2 saturated heterocycles. The molecule has 0 aromatic heterocycles. The Morgan fingerprint density at radius 2 is 1.45 bits per heavy atom. The van der Waals surface area contributed by atoms with Gasteiger partial charge in [-0.3, -0.25) is 9.59 Å². The fourth-order valence-corrected chi connectivity index (χ4v) is 15.0. The number of hydrogen-bond donors (Lipinski definition) is 9. The summed E-state index contributed by atoms with van der Waals surface area (Å²) in [4.78, 5) is 38.5. The van der Waals surface area contributed by atoms with Gasteiger partial charge in [0.05, 0.1) is 30.8 Å². The molecule has 2 heterocycles. The first-order valence-corrected chi connectivity index (χ1v) is 24.3. The van der Waals surface area contributed by atoms with E-state index in [0.717, 1.165) is 18.4 Å². The molecule has 2 aliphatic heterocycles. The number of ether oxygens (including phenoxy) is 6. The third-order valence-electron chi connectivity index (χ3n) is 18.6. The average molecular weight is 955 g/mol. The number of carboxylic acids is 1. The Kier molecular flexibility index (Phi) is 14.4. The molecule has 5 aliphatic carbocycles. The van der Waals surface area contributed by atoms with Crippen molar-refractivity contribution in [2.75, 3.05) is 13.2 Å². The van der Waals surface area contributed by atoms with Crippen LogP contribution < -0.4 is 0 Å². The van der Waals surface area contributed by atoms with Crippen LogP contribution in [-0.4, -0.2) is 163 Å². The maximum absolute atomic E-state index is 13.5. The Bertz CT molecular complexity index is 1890. The van der Waals surface area contributed by atoms with Gasteiger partial charge in [0, 0.05) is 18.8 Å². The molecule has 0 amide bonds. The van der Waals surface area contributed by atoms with Crippen molar-refractivity contribution in [3.63, 3.8) is 0 Å². The van der Waals surface area contributed by atoms with E-state index in [2.05, 4.69) is 40.7 Å². The summed E-state index contributed by atoms with van der Waals surface area (Å²) in [5, 5.41) is 97.9. The third kappa shape index (κ3) is 8.31. The molecule has 18 nitrogen and oxygen atoms in total. The van der Waals surface area contributed by atoms with Gasteiger partial charge >= 0.3 is 17.9 Å². The zero-order valence-electron chi connectivity index (χ0n) is 40.7. The van der Waals surface area contributed by atoms with Gasteiger partial charge in [-0.25, -0.2) is 4.79 Å². The summed E-state index contributed by atoms with van der Waals surface area (Å²) in [6.45, 7) is 18.9. The topological polar surface area (TPSA) is 289 Å². The van der Waals surface area contributed by atoms with Crippen molar-refractivity contribution in [3.05, 3.63) is 11.6 Å². The largest absolute Gasteiger partial charge is 0.479 e. The molecular formula is C49H78O18. The minimum atomic E-state index is -1.99. The van der Waals surface area contributed by atoms with Crippen LogP contribution in [-0.2, 0) is 42.8 Å². The van der Waals surface area contributed by atoms with E-state index in [9.17, 15) is 60.3 Å². The van der Waals surface area contributed by atoms with Crippen LogP contribution in [0.1, 0.15) is 121 Å². The summed E-state index contributed by atoms with van der Waals surface area (Å²) in [6, 6.07) is 0. The Morgan fingerprint density at radius 1 is 0.776 bits per heavy atom. The first kappa shape index (κ1) is 52.5. The van der Waals surface area contributed by atoms with Gasteiger partial charge in [0.15, 0.2) is 18.7 Å². The Morgan fingerprint density at radius 3 is 2.04 bits per heavy atom. The molecule has 0 aromatic carbocycles. The molecular weight excluding hydrogens is 877 g/mol. The highest BCUT2D eigenvalue weighted by Gasteiger charge is 2.74. The summed E-state index contributed by atoms with van der Waals surface area (Å²) in [5.74, 6) is -2.87. The van der Waals surface area contributed by atoms with E-state index in [0.29, 0.717) is 25.7 Å². The maximum Gasteiger partial charge on any atom is 0.335 e. The van der Waals surface area contributed by atoms with Gasteiger partial charge in [0.2, 0.25) is 0 Å². The summed E-state index contributed by atoms with van der Waals surface area (Å²) in [6.07, 6.45) is -14.8. The molecule has 6 fully saturated rings. The number of aliphatic carboxylic acids is 1. The van der Waals surface area contributed by atoms with Gasteiger partial charge in [-0.05, 0) is 90.3 Å². The lowest BCUT2D eigenvalue weighted by atomic mass is 9.33. The molecule has 382 valence electrons. The van der Waals surface area contributed by atoms with Crippen molar-refractivity contribution < 1.29 is 88.8 Å². The molecule has 7 aliphatic rings. The molecule has 0 radical (unpaired) electrons.